The van der Waals surface area contributed by atoms with E-state index in [1.807, 2.05) is 6.92 Å². The third kappa shape index (κ3) is 2.37. The van der Waals surface area contributed by atoms with E-state index < -0.39 is 0 Å². The van der Waals surface area contributed by atoms with E-state index in [1.165, 1.54) is 12.8 Å². The van der Waals surface area contributed by atoms with Crippen LogP contribution < -0.4 is 5.32 Å². The minimum atomic E-state index is 0.175. The highest BCUT2D eigenvalue weighted by atomic mass is 32.1. The Balaban J connectivity index is 1.70. The summed E-state index contributed by atoms with van der Waals surface area (Å²) >= 11 is 1.68. The molecular formula is C13H18N2OS. The van der Waals surface area contributed by atoms with Crippen LogP contribution in [0.5, 0.6) is 0 Å². The molecule has 0 bridgehead atoms. The number of aromatic nitrogens is 1. The smallest absolute Gasteiger partial charge is 0.223 e. The van der Waals surface area contributed by atoms with Crippen LogP contribution in [0.1, 0.15) is 42.9 Å². The van der Waals surface area contributed by atoms with Crippen LogP contribution in [0.3, 0.4) is 0 Å². The van der Waals surface area contributed by atoms with Gasteiger partial charge in [0.2, 0.25) is 5.91 Å². The highest BCUT2D eigenvalue weighted by Gasteiger charge is 2.42. The van der Waals surface area contributed by atoms with E-state index in [4.69, 9.17) is 0 Å². The van der Waals surface area contributed by atoms with Crippen molar-refractivity contribution in [3.8, 4) is 0 Å². The summed E-state index contributed by atoms with van der Waals surface area (Å²) < 4.78 is 0. The SMILES string of the molecule is Cc1csc([C@H](NC(=O)[C@H]2C[C@@H]2C)C2CC2)n1. The van der Waals surface area contributed by atoms with Crippen molar-refractivity contribution in [3.05, 3.63) is 16.1 Å². The van der Waals surface area contributed by atoms with E-state index in [2.05, 4.69) is 22.6 Å². The molecule has 4 heteroatoms. The summed E-state index contributed by atoms with van der Waals surface area (Å²) in [5.41, 5.74) is 1.06. The summed E-state index contributed by atoms with van der Waals surface area (Å²) in [5, 5.41) is 6.37. The lowest BCUT2D eigenvalue weighted by molar-refractivity contribution is -0.123. The number of nitrogens with zero attached hydrogens (tertiary/aromatic N) is 1. The third-order valence-electron chi connectivity index (χ3n) is 3.74. The van der Waals surface area contributed by atoms with Crippen molar-refractivity contribution in [2.24, 2.45) is 17.8 Å². The van der Waals surface area contributed by atoms with Crippen molar-refractivity contribution in [1.29, 1.82) is 0 Å². The van der Waals surface area contributed by atoms with Crippen molar-refractivity contribution in [3.63, 3.8) is 0 Å². The van der Waals surface area contributed by atoms with E-state index in [9.17, 15) is 4.79 Å². The van der Waals surface area contributed by atoms with Gasteiger partial charge in [-0.05, 0) is 38.0 Å². The standard InChI is InChI=1S/C13H18N2OS/c1-7-5-10(7)12(16)15-11(9-3-4-9)13-14-8(2)6-17-13/h6-7,9-11H,3-5H2,1-2H3,(H,15,16)/t7-,10-,11+/m0/s1. The maximum atomic E-state index is 12.0. The largest absolute Gasteiger partial charge is 0.346 e. The van der Waals surface area contributed by atoms with Crippen LogP contribution in [0, 0.1) is 24.7 Å². The molecule has 92 valence electrons. The molecule has 2 aliphatic rings. The van der Waals surface area contributed by atoms with Crippen molar-refractivity contribution >= 4 is 17.2 Å². The normalized spacial score (nSPS) is 28.8. The molecule has 1 aromatic rings. The van der Waals surface area contributed by atoms with Crippen LogP contribution in [0.4, 0.5) is 0 Å². The lowest BCUT2D eigenvalue weighted by atomic mass is 10.2. The van der Waals surface area contributed by atoms with Gasteiger partial charge in [-0.15, -0.1) is 11.3 Å². The number of aryl methyl sites for hydroxylation is 1. The molecule has 0 saturated heterocycles. The Labute approximate surface area is 106 Å². The monoisotopic (exact) mass is 250 g/mol. The molecule has 3 atom stereocenters. The van der Waals surface area contributed by atoms with Gasteiger partial charge in [0.15, 0.2) is 0 Å². The molecule has 1 amide bonds. The van der Waals surface area contributed by atoms with Crippen molar-refractivity contribution in [2.75, 3.05) is 0 Å². The molecule has 1 aromatic heterocycles. The Morgan fingerprint density at radius 3 is 2.76 bits per heavy atom. The highest BCUT2D eigenvalue weighted by Crippen LogP contribution is 2.44. The number of carbonyl (C=O) groups is 1. The molecule has 2 fully saturated rings. The first kappa shape index (κ1) is 11.2. The second-order valence-corrected chi connectivity index (χ2v) is 6.36. The lowest BCUT2D eigenvalue weighted by Crippen LogP contribution is -2.31. The van der Waals surface area contributed by atoms with Crippen molar-refractivity contribution < 1.29 is 4.79 Å². The summed E-state index contributed by atoms with van der Waals surface area (Å²) in [4.78, 5) is 16.5. The van der Waals surface area contributed by atoms with Crippen LogP contribution >= 0.6 is 11.3 Å². The first-order valence-electron chi connectivity index (χ1n) is 6.37. The summed E-state index contributed by atoms with van der Waals surface area (Å²) in [6, 6.07) is 0.175. The Morgan fingerprint density at radius 2 is 2.29 bits per heavy atom. The van der Waals surface area contributed by atoms with Gasteiger partial charge in [0.05, 0.1) is 6.04 Å². The van der Waals surface area contributed by atoms with E-state index in [0.29, 0.717) is 11.8 Å². The average molecular weight is 250 g/mol. The fourth-order valence-electron chi connectivity index (χ4n) is 2.27. The zero-order chi connectivity index (χ0) is 12.0. The van der Waals surface area contributed by atoms with Gasteiger partial charge in [-0.2, -0.15) is 0 Å². The second-order valence-electron chi connectivity index (χ2n) is 5.47. The van der Waals surface area contributed by atoms with E-state index in [-0.39, 0.29) is 17.9 Å². The first-order chi connectivity index (χ1) is 8.15. The van der Waals surface area contributed by atoms with E-state index >= 15 is 0 Å². The maximum absolute atomic E-state index is 12.0. The topological polar surface area (TPSA) is 42.0 Å². The van der Waals surface area contributed by atoms with Crippen LogP contribution in [-0.2, 0) is 4.79 Å². The zero-order valence-corrected chi connectivity index (χ0v) is 11.1. The third-order valence-corrected chi connectivity index (χ3v) is 4.79. The molecule has 0 aliphatic heterocycles. The molecule has 1 heterocycles. The van der Waals surface area contributed by atoms with E-state index in [1.54, 1.807) is 11.3 Å². The maximum Gasteiger partial charge on any atom is 0.223 e. The lowest BCUT2D eigenvalue weighted by Gasteiger charge is -2.15. The van der Waals surface area contributed by atoms with Gasteiger partial charge < -0.3 is 5.32 Å². The van der Waals surface area contributed by atoms with Gasteiger partial charge in [0.1, 0.15) is 5.01 Å². The van der Waals surface area contributed by atoms with Crippen LogP contribution in [0.15, 0.2) is 5.38 Å². The summed E-state index contributed by atoms with van der Waals surface area (Å²) in [6.45, 7) is 4.15. The Hall–Kier alpha value is -0.900. The molecule has 0 spiro atoms. The van der Waals surface area contributed by atoms with E-state index in [0.717, 1.165) is 17.1 Å². The predicted molar refractivity (Wildman–Crippen MR) is 67.7 cm³/mol. The number of amides is 1. The predicted octanol–water partition coefficient (Wildman–Crippen LogP) is 2.67. The van der Waals surface area contributed by atoms with Gasteiger partial charge in [0.25, 0.3) is 0 Å². The summed E-state index contributed by atoms with van der Waals surface area (Å²) in [6.07, 6.45) is 3.51. The quantitative estimate of drug-likeness (QED) is 0.892. The number of carbonyl (C=O) groups excluding carboxylic acids is 1. The molecule has 3 nitrogen and oxygen atoms in total. The minimum Gasteiger partial charge on any atom is -0.346 e. The van der Waals surface area contributed by atoms with Crippen LogP contribution in [0.25, 0.3) is 0 Å². The molecule has 1 N–H and O–H groups in total. The van der Waals surface area contributed by atoms with Crippen LogP contribution in [-0.4, -0.2) is 10.9 Å². The molecule has 2 saturated carbocycles. The molecule has 3 rings (SSSR count). The van der Waals surface area contributed by atoms with Gasteiger partial charge in [-0.1, -0.05) is 6.92 Å². The van der Waals surface area contributed by atoms with Crippen molar-refractivity contribution in [1.82, 2.24) is 10.3 Å². The molecule has 2 aliphatic carbocycles. The van der Waals surface area contributed by atoms with Gasteiger partial charge in [-0.3, -0.25) is 4.79 Å². The van der Waals surface area contributed by atoms with Gasteiger partial charge >= 0.3 is 0 Å². The number of rotatable bonds is 4. The zero-order valence-electron chi connectivity index (χ0n) is 10.3. The number of thiazole rings is 1. The van der Waals surface area contributed by atoms with Crippen molar-refractivity contribution in [2.45, 2.75) is 39.2 Å². The molecule has 17 heavy (non-hydrogen) atoms. The van der Waals surface area contributed by atoms with Gasteiger partial charge in [-0.25, -0.2) is 4.98 Å². The van der Waals surface area contributed by atoms with Crippen LogP contribution in [0.2, 0.25) is 0 Å². The minimum absolute atomic E-state index is 0.175. The molecule has 0 aromatic carbocycles. The Bertz CT molecular complexity index is 438. The first-order valence-corrected chi connectivity index (χ1v) is 7.25. The summed E-state index contributed by atoms with van der Waals surface area (Å²) in [7, 11) is 0. The molecule has 0 radical (unpaired) electrons. The molecular weight excluding hydrogens is 232 g/mol. The Kier molecular flexibility index (Phi) is 2.69. The fraction of sp³-hybridized carbons (Fsp3) is 0.692. The fourth-order valence-corrected chi connectivity index (χ4v) is 3.21. The number of hydrogen-bond acceptors (Lipinski definition) is 3. The molecule has 0 unspecified atom stereocenters. The number of nitrogens with one attached hydrogen (secondary N) is 1. The Morgan fingerprint density at radius 1 is 1.59 bits per heavy atom. The highest BCUT2D eigenvalue weighted by molar-refractivity contribution is 7.09. The second kappa shape index (κ2) is 4.09. The van der Waals surface area contributed by atoms with Gasteiger partial charge in [0, 0.05) is 17.0 Å². The average Bonchev–Trinajstić information content (AvgIpc) is 3.18. The summed E-state index contributed by atoms with van der Waals surface area (Å²) in [5.74, 6) is 1.70. The number of hydrogen-bond donors (Lipinski definition) is 1.